The minimum atomic E-state index is -3.69. The molecule has 0 aromatic heterocycles. The third-order valence-corrected chi connectivity index (χ3v) is 7.26. The van der Waals surface area contributed by atoms with E-state index in [1.165, 1.54) is 6.92 Å². The van der Waals surface area contributed by atoms with Crippen LogP contribution in [0.5, 0.6) is 0 Å². The molecule has 8 unspecified atom stereocenters. The van der Waals surface area contributed by atoms with Gasteiger partial charge in [0, 0.05) is 26.4 Å². The van der Waals surface area contributed by atoms with Gasteiger partial charge >= 0.3 is 23.9 Å². The summed E-state index contributed by atoms with van der Waals surface area (Å²) in [6.07, 6.45) is -7.68. The van der Waals surface area contributed by atoms with E-state index in [1.807, 2.05) is 37.3 Å². The number of hydrogen-bond donors (Lipinski definition) is 5. The Labute approximate surface area is 223 Å². The SMILES string of the molecule is C=C(CCC12OC(C(=O)O)C(O)(C(=O)O)C(C(=O)O)(O1)C(OC)C2O)C(OC(C)=O)C(C)Cc1ccccc1. The van der Waals surface area contributed by atoms with Gasteiger partial charge in [0.2, 0.25) is 17.3 Å². The van der Waals surface area contributed by atoms with E-state index in [0.29, 0.717) is 12.0 Å². The summed E-state index contributed by atoms with van der Waals surface area (Å²) in [7, 11) is 0.940. The van der Waals surface area contributed by atoms with Crippen molar-refractivity contribution < 1.29 is 63.7 Å². The number of aliphatic hydroxyl groups excluding tert-OH is 1. The molecule has 3 rings (SSSR count). The predicted octanol–water partition coefficient (Wildman–Crippen LogP) is 0.358. The summed E-state index contributed by atoms with van der Waals surface area (Å²) >= 11 is 0. The van der Waals surface area contributed by atoms with Gasteiger partial charge < -0.3 is 44.5 Å². The summed E-state index contributed by atoms with van der Waals surface area (Å²) in [5.74, 6) is -9.66. The maximum Gasteiger partial charge on any atom is 0.343 e. The van der Waals surface area contributed by atoms with E-state index in [9.17, 15) is 44.7 Å². The molecule has 5 N–H and O–H groups in total. The van der Waals surface area contributed by atoms with Crippen molar-refractivity contribution in [3.05, 3.63) is 48.0 Å². The molecule has 214 valence electrons. The highest BCUT2D eigenvalue weighted by molar-refractivity contribution is 5.97. The molecular weight excluding hydrogens is 520 g/mol. The van der Waals surface area contributed by atoms with Crippen LogP contribution >= 0.6 is 0 Å². The zero-order valence-electron chi connectivity index (χ0n) is 21.6. The Morgan fingerprint density at radius 1 is 1.10 bits per heavy atom. The van der Waals surface area contributed by atoms with Crippen molar-refractivity contribution in [2.24, 2.45) is 5.92 Å². The number of ether oxygens (including phenoxy) is 4. The first-order chi connectivity index (χ1) is 18.2. The van der Waals surface area contributed by atoms with E-state index in [-0.39, 0.29) is 12.3 Å². The van der Waals surface area contributed by atoms with Crippen molar-refractivity contribution in [3.63, 3.8) is 0 Å². The van der Waals surface area contributed by atoms with E-state index in [1.54, 1.807) is 0 Å². The van der Waals surface area contributed by atoms with Gasteiger partial charge in [0.1, 0.15) is 18.3 Å². The number of benzene rings is 1. The van der Waals surface area contributed by atoms with Crippen LogP contribution in [0.4, 0.5) is 0 Å². The Balaban J connectivity index is 1.96. The van der Waals surface area contributed by atoms with Crippen molar-refractivity contribution in [2.75, 3.05) is 7.11 Å². The summed E-state index contributed by atoms with van der Waals surface area (Å²) in [5, 5.41) is 51.6. The molecule has 0 radical (unpaired) electrons. The van der Waals surface area contributed by atoms with Gasteiger partial charge in [-0.1, -0.05) is 43.8 Å². The molecule has 2 aliphatic heterocycles. The number of aliphatic carboxylic acids is 3. The zero-order valence-corrected chi connectivity index (χ0v) is 21.6. The van der Waals surface area contributed by atoms with Crippen LogP contribution in [0, 0.1) is 5.92 Å². The Kier molecular flexibility index (Phi) is 8.53. The average molecular weight is 553 g/mol. The Morgan fingerprint density at radius 3 is 2.21 bits per heavy atom. The van der Waals surface area contributed by atoms with Crippen molar-refractivity contribution in [1.82, 2.24) is 0 Å². The molecular formula is C26H32O13. The topological polar surface area (TPSA) is 206 Å². The van der Waals surface area contributed by atoms with E-state index in [4.69, 9.17) is 18.9 Å². The van der Waals surface area contributed by atoms with Crippen LogP contribution in [0.1, 0.15) is 32.3 Å². The molecule has 2 bridgehead atoms. The highest BCUT2D eigenvalue weighted by atomic mass is 16.8. The van der Waals surface area contributed by atoms with E-state index < -0.39 is 71.7 Å². The van der Waals surface area contributed by atoms with E-state index in [0.717, 1.165) is 12.7 Å². The lowest BCUT2D eigenvalue weighted by atomic mass is 9.74. The molecule has 39 heavy (non-hydrogen) atoms. The molecule has 1 aromatic rings. The summed E-state index contributed by atoms with van der Waals surface area (Å²) in [5.41, 5.74) is -5.67. The molecule has 0 amide bonds. The van der Waals surface area contributed by atoms with Crippen molar-refractivity contribution in [1.29, 1.82) is 0 Å². The van der Waals surface area contributed by atoms with Gasteiger partial charge in [0.05, 0.1) is 0 Å². The van der Waals surface area contributed by atoms with Crippen molar-refractivity contribution in [3.8, 4) is 0 Å². The lowest BCUT2D eigenvalue weighted by molar-refractivity contribution is -0.374. The minimum Gasteiger partial charge on any atom is -0.479 e. The fourth-order valence-corrected chi connectivity index (χ4v) is 5.44. The van der Waals surface area contributed by atoms with Crippen LogP contribution in [0.3, 0.4) is 0 Å². The van der Waals surface area contributed by atoms with Gasteiger partial charge in [-0.15, -0.1) is 0 Å². The highest BCUT2D eigenvalue weighted by Crippen LogP contribution is 2.55. The third-order valence-electron chi connectivity index (χ3n) is 7.26. The predicted molar refractivity (Wildman–Crippen MR) is 129 cm³/mol. The number of rotatable bonds is 12. The monoisotopic (exact) mass is 552 g/mol. The maximum atomic E-state index is 12.4. The number of aliphatic hydroxyl groups is 2. The second-order valence-corrected chi connectivity index (χ2v) is 9.82. The molecule has 0 saturated carbocycles. The molecule has 2 aliphatic rings. The van der Waals surface area contributed by atoms with Crippen LogP contribution in [-0.4, -0.2) is 97.9 Å². The average Bonchev–Trinajstić information content (AvgIpc) is 3.09. The number of esters is 1. The molecule has 8 atom stereocenters. The van der Waals surface area contributed by atoms with Crippen molar-refractivity contribution in [2.45, 2.75) is 74.5 Å². The Bertz CT molecular complexity index is 1140. The first-order valence-electron chi connectivity index (χ1n) is 12.1. The standard InChI is InChI=1S/C26H32O13/c1-13(17(37-15(3)27)14(2)12-16-8-6-5-7-9-16)10-11-24-18(28)19(36-4)26(39-24,23(33)34)25(35,22(31)32)20(38-24)21(29)30/h5-9,14,17-20,28,35H,1,10-12H2,2-4H3,(H,29,30)(H,31,32)(H,33,34). The number of carboxylic acid groups (broad SMARTS) is 3. The van der Waals surface area contributed by atoms with Crippen LogP contribution in [0.2, 0.25) is 0 Å². The van der Waals surface area contributed by atoms with Crippen molar-refractivity contribution >= 4 is 23.9 Å². The summed E-state index contributed by atoms with van der Waals surface area (Å²) in [6.45, 7) is 7.03. The second kappa shape index (κ2) is 11.0. The molecule has 2 fully saturated rings. The largest absolute Gasteiger partial charge is 0.479 e. The summed E-state index contributed by atoms with van der Waals surface area (Å²) in [6, 6.07) is 9.36. The fourth-order valence-electron chi connectivity index (χ4n) is 5.44. The number of methoxy groups -OCH3 is 1. The number of carbonyl (C=O) groups is 4. The van der Waals surface area contributed by atoms with E-state index >= 15 is 0 Å². The smallest absolute Gasteiger partial charge is 0.343 e. The normalized spacial score (nSPS) is 33.1. The highest BCUT2D eigenvalue weighted by Gasteiger charge is 2.85. The number of carbonyl (C=O) groups excluding carboxylic acids is 1. The molecule has 13 heteroatoms. The molecule has 2 saturated heterocycles. The van der Waals surface area contributed by atoms with Gasteiger partial charge in [-0.3, -0.25) is 4.79 Å². The molecule has 13 nitrogen and oxygen atoms in total. The van der Waals surface area contributed by atoms with Crippen LogP contribution in [0.15, 0.2) is 42.5 Å². The van der Waals surface area contributed by atoms with E-state index in [2.05, 4.69) is 6.58 Å². The van der Waals surface area contributed by atoms with Crippen LogP contribution in [-0.2, 0) is 44.5 Å². The second-order valence-electron chi connectivity index (χ2n) is 9.82. The molecule has 0 spiro atoms. The zero-order chi connectivity index (χ0) is 29.3. The first kappa shape index (κ1) is 30.2. The lowest BCUT2D eigenvalue weighted by Crippen LogP contribution is -2.78. The summed E-state index contributed by atoms with van der Waals surface area (Å²) in [4.78, 5) is 48.5. The number of hydrogen-bond acceptors (Lipinski definition) is 10. The van der Waals surface area contributed by atoms with Gasteiger partial charge in [-0.05, 0) is 24.0 Å². The number of fused-ring (bicyclic) bond motifs is 2. The number of carboxylic acids is 3. The maximum absolute atomic E-state index is 12.4. The molecule has 2 heterocycles. The molecule has 0 aliphatic carbocycles. The summed E-state index contributed by atoms with van der Waals surface area (Å²) < 4.78 is 21.5. The van der Waals surface area contributed by atoms with Crippen LogP contribution in [0.25, 0.3) is 0 Å². The van der Waals surface area contributed by atoms with Gasteiger partial charge in [-0.2, -0.15) is 0 Å². The molecule has 1 aromatic carbocycles. The third kappa shape index (κ3) is 4.92. The van der Waals surface area contributed by atoms with Gasteiger partial charge in [0.15, 0.2) is 5.79 Å². The van der Waals surface area contributed by atoms with Crippen LogP contribution < -0.4 is 0 Å². The Hall–Kier alpha value is -3.36. The quantitative estimate of drug-likeness (QED) is 0.176. The minimum absolute atomic E-state index is 0.141. The lowest BCUT2D eigenvalue weighted by Gasteiger charge is -2.48. The Morgan fingerprint density at radius 2 is 1.72 bits per heavy atom. The fraction of sp³-hybridized carbons (Fsp3) is 0.538. The van der Waals surface area contributed by atoms with Gasteiger partial charge in [0.25, 0.3) is 0 Å². The van der Waals surface area contributed by atoms with Gasteiger partial charge in [-0.25, -0.2) is 14.4 Å². The first-order valence-corrected chi connectivity index (χ1v) is 12.1.